The average molecular weight is 360 g/mol. The molecule has 0 aliphatic carbocycles. The molecule has 0 aliphatic heterocycles. The van der Waals surface area contributed by atoms with Crippen molar-refractivity contribution >= 4 is 32.9 Å². The van der Waals surface area contributed by atoms with Gasteiger partial charge in [0.1, 0.15) is 0 Å². The van der Waals surface area contributed by atoms with Crippen LogP contribution in [-0.4, -0.2) is 48.8 Å². The molecule has 0 saturated carbocycles. The van der Waals surface area contributed by atoms with Gasteiger partial charge in [-0.1, -0.05) is 30.0 Å². The number of nitrogens with one attached hydrogen (secondary N) is 1. The molecule has 9 nitrogen and oxygen atoms in total. The number of thioether (sulfide) groups is 1. The molecule has 0 atom stereocenters. The second kappa shape index (κ2) is 8.60. The van der Waals surface area contributed by atoms with Crippen molar-refractivity contribution in [2.75, 3.05) is 19.3 Å². The van der Waals surface area contributed by atoms with E-state index in [9.17, 15) is 23.3 Å². The van der Waals surface area contributed by atoms with Gasteiger partial charge in [-0.3, -0.25) is 9.69 Å². The Labute approximate surface area is 137 Å². The summed E-state index contributed by atoms with van der Waals surface area (Å²) in [4.78, 5) is 22.9. The number of carbonyl (C=O) groups excluding carboxylic acids is 1. The van der Waals surface area contributed by atoms with Crippen LogP contribution < -0.4 is 4.72 Å². The lowest BCUT2D eigenvalue weighted by Gasteiger charge is -2.14. The fraction of sp³-hybridized carbons (Fsp3) is 0.333. The third-order valence-electron chi connectivity index (χ3n) is 2.61. The number of amidine groups is 1. The lowest BCUT2D eigenvalue weighted by molar-refractivity contribution is -0.485. The molecule has 1 rings (SSSR count). The number of sulfonamides is 1. The predicted octanol–water partition coefficient (Wildman–Crippen LogP) is 0.724. The number of amides is 1. The van der Waals surface area contributed by atoms with Crippen molar-refractivity contribution in [1.82, 2.24) is 9.62 Å². The van der Waals surface area contributed by atoms with Crippen molar-refractivity contribution in [1.29, 1.82) is 0 Å². The summed E-state index contributed by atoms with van der Waals surface area (Å²) >= 11 is 0.909. The van der Waals surface area contributed by atoms with Crippen LogP contribution in [0, 0.1) is 10.1 Å². The molecule has 1 N–H and O–H groups in total. The maximum Gasteiger partial charge on any atom is 0.243 e. The molecular weight excluding hydrogens is 344 g/mol. The molecule has 1 amide bonds. The number of nitro groups is 1. The van der Waals surface area contributed by atoms with Crippen LogP contribution in [0.15, 0.2) is 40.3 Å². The monoisotopic (exact) mass is 360 g/mol. The summed E-state index contributed by atoms with van der Waals surface area (Å²) in [6, 6.07) is 7.82. The molecule has 23 heavy (non-hydrogen) atoms. The Hall–Kier alpha value is -1.98. The lowest BCUT2D eigenvalue weighted by atomic mass is 10.4. The number of hydrazone groups is 1. The maximum absolute atomic E-state index is 12.0. The van der Waals surface area contributed by atoms with Gasteiger partial charge in [-0.25, -0.2) is 23.3 Å². The molecule has 126 valence electrons. The van der Waals surface area contributed by atoms with Crippen molar-refractivity contribution in [2.45, 2.75) is 11.8 Å². The van der Waals surface area contributed by atoms with Crippen LogP contribution in [-0.2, 0) is 14.8 Å². The first-order valence-electron chi connectivity index (χ1n) is 6.39. The normalized spacial score (nSPS) is 12.0. The number of benzene rings is 1. The van der Waals surface area contributed by atoms with E-state index in [4.69, 9.17) is 0 Å². The van der Waals surface area contributed by atoms with Crippen molar-refractivity contribution in [2.24, 2.45) is 5.10 Å². The lowest BCUT2D eigenvalue weighted by Crippen LogP contribution is -2.31. The predicted molar refractivity (Wildman–Crippen MR) is 87.0 cm³/mol. The highest BCUT2D eigenvalue weighted by atomic mass is 32.2. The standard InChI is InChI=1S/C12H16N4O5S2/c1-10(17)15(2)12(14-16(18)19)22-9-8-13-23(20,21)11-6-4-3-5-7-11/h3-7,13H,8-9H2,1-2H3. The second-order valence-electron chi connectivity index (χ2n) is 4.26. The molecule has 0 aliphatic rings. The molecule has 11 heteroatoms. The third kappa shape index (κ3) is 6.34. The molecular formula is C12H16N4O5S2. The van der Waals surface area contributed by atoms with E-state index in [-0.39, 0.29) is 22.4 Å². The van der Waals surface area contributed by atoms with Crippen molar-refractivity contribution < 1.29 is 18.2 Å². The Morgan fingerprint density at radius 2 is 2.00 bits per heavy atom. The molecule has 0 fully saturated rings. The Bertz CT molecular complexity index is 691. The van der Waals surface area contributed by atoms with E-state index in [1.807, 2.05) is 0 Å². The van der Waals surface area contributed by atoms with Crippen LogP contribution >= 0.6 is 11.8 Å². The van der Waals surface area contributed by atoms with Crippen molar-refractivity contribution in [3.63, 3.8) is 0 Å². The van der Waals surface area contributed by atoms with Gasteiger partial charge in [0.25, 0.3) is 0 Å². The SMILES string of the molecule is CC(=O)N(C)C(=N[N+](=O)[O-])SCCNS(=O)(=O)c1ccccc1. The Kier molecular flexibility index (Phi) is 7.13. The minimum Gasteiger partial charge on any atom is -0.290 e. The third-order valence-corrected chi connectivity index (χ3v) is 5.10. The van der Waals surface area contributed by atoms with Gasteiger partial charge in [0.2, 0.25) is 21.1 Å². The van der Waals surface area contributed by atoms with E-state index < -0.39 is 21.0 Å². The summed E-state index contributed by atoms with van der Waals surface area (Å²) in [6.45, 7) is 1.28. The first-order valence-corrected chi connectivity index (χ1v) is 8.85. The topological polar surface area (TPSA) is 122 Å². The number of carbonyl (C=O) groups is 1. The Morgan fingerprint density at radius 1 is 1.39 bits per heavy atom. The minimum atomic E-state index is -3.64. The second-order valence-corrected chi connectivity index (χ2v) is 7.09. The average Bonchev–Trinajstić information content (AvgIpc) is 2.50. The van der Waals surface area contributed by atoms with Crippen molar-refractivity contribution in [3.05, 3.63) is 40.4 Å². The van der Waals surface area contributed by atoms with Gasteiger partial charge in [-0.05, 0) is 12.1 Å². The van der Waals surface area contributed by atoms with Gasteiger partial charge in [0.15, 0.2) is 5.03 Å². The van der Waals surface area contributed by atoms with E-state index in [0.717, 1.165) is 16.7 Å². The summed E-state index contributed by atoms with van der Waals surface area (Å²) in [5.41, 5.74) is 0. The van der Waals surface area contributed by atoms with Crippen molar-refractivity contribution in [3.8, 4) is 0 Å². The summed E-state index contributed by atoms with van der Waals surface area (Å²) in [5, 5.41) is 12.6. The van der Waals surface area contributed by atoms with Gasteiger partial charge < -0.3 is 0 Å². The fourth-order valence-corrected chi connectivity index (χ4v) is 3.41. The van der Waals surface area contributed by atoms with Crippen LogP contribution in [0.3, 0.4) is 0 Å². The zero-order valence-electron chi connectivity index (χ0n) is 12.5. The Balaban J connectivity index is 2.61. The van der Waals surface area contributed by atoms with Gasteiger partial charge >= 0.3 is 0 Å². The van der Waals surface area contributed by atoms with E-state index in [0.29, 0.717) is 0 Å². The molecule has 0 bridgehead atoms. The van der Waals surface area contributed by atoms with E-state index >= 15 is 0 Å². The van der Waals surface area contributed by atoms with E-state index in [1.54, 1.807) is 18.2 Å². The zero-order chi connectivity index (χ0) is 17.5. The fourth-order valence-electron chi connectivity index (χ4n) is 1.40. The highest BCUT2D eigenvalue weighted by Gasteiger charge is 2.17. The first-order chi connectivity index (χ1) is 10.7. The van der Waals surface area contributed by atoms with Gasteiger partial charge in [0, 0.05) is 26.3 Å². The molecule has 1 aromatic carbocycles. The molecule has 0 heterocycles. The minimum absolute atomic E-state index is 0.0321. The zero-order valence-corrected chi connectivity index (χ0v) is 14.1. The first kappa shape index (κ1) is 19.1. The van der Waals surface area contributed by atoms with Crippen LogP contribution in [0.25, 0.3) is 0 Å². The summed E-state index contributed by atoms with van der Waals surface area (Å²) in [5.74, 6) is -0.237. The number of hydrogen-bond acceptors (Lipinski definition) is 6. The number of rotatable bonds is 6. The maximum atomic E-state index is 12.0. The molecule has 1 aromatic rings. The molecule has 0 saturated heterocycles. The van der Waals surface area contributed by atoms with Crippen LogP contribution in [0.1, 0.15) is 6.92 Å². The highest BCUT2D eigenvalue weighted by Crippen LogP contribution is 2.10. The highest BCUT2D eigenvalue weighted by molar-refractivity contribution is 8.13. The summed E-state index contributed by atoms with van der Waals surface area (Å²) in [7, 11) is -2.28. The summed E-state index contributed by atoms with van der Waals surface area (Å²) in [6.07, 6.45) is 0. The molecule has 0 aromatic heterocycles. The van der Waals surface area contributed by atoms with Crippen LogP contribution in [0.2, 0.25) is 0 Å². The van der Waals surface area contributed by atoms with Gasteiger partial charge in [-0.15, -0.1) is 0 Å². The van der Waals surface area contributed by atoms with E-state index in [2.05, 4.69) is 9.82 Å². The molecule has 0 radical (unpaired) electrons. The number of hydrogen-bond donors (Lipinski definition) is 1. The number of nitrogens with zero attached hydrogens (tertiary/aromatic N) is 3. The van der Waals surface area contributed by atoms with Crippen LogP contribution in [0.4, 0.5) is 0 Å². The molecule has 0 unspecified atom stereocenters. The molecule has 0 spiro atoms. The van der Waals surface area contributed by atoms with Gasteiger partial charge in [0.05, 0.1) is 10.00 Å². The summed E-state index contributed by atoms with van der Waals surface area (Å²) < 4.78 is 26.3. The van der Waals surface area contributed by atoms with Gasteiger partial charge in [-0.2, -0.15) is 0 Å². The van der Waals surface area contributed by atoms with Crippen LogP contribution in [0.5, 0.6) is 0 Å². The quantitative estimate of drug-likeness (QED) is 0.262. The van der Waals surface area contributed by atoms with E-state index in [1.165, 1.54) is 26.1 Å². The largest absolute Gasteiger partial charge is 0.290 e. The Morgan fingerprint density at radius 3 is 2.52 bits per heavy atom. The smallest absolute Gasteiger partial charge is 0.243 e.